The third-order valence-electron chi connectivity index (χ3n) is 1.88. The Morgan fingerprint density at radius 3 is 2.60 bits per heavy atom. The molecule has 0 aromatic heterocycles. The van der Waals surface area contributed by atoms with Gasteiger partial charge in [-0.05, 0) is 18.6 Å². The lowest BCUT2D eigenvalue weighted by Gasteiger charge is -2.12. The Morgan fingerprint density at radius 1 is 1.47 bits per heavy atom. The number of phenolic OH excluding ortho intramolecular Hbond substituents is 1. The fraction of sp³-hybridized carbons (Fsp3) is 0.200. The summed E-state index contributed by atoms with van der Waals surface area (Å²) < 4.78 is 0. The van der Waals surface area contributed by atoms with Gasteiger partial charge in [0.1, 0.15) is 5.75 Å². The second kappa shape index (κ2) is 6.23. The van der Waals surface area contributed by atoms with Crippen molar-refractivity contribution in [3.05, 3.63) is 40.4 Å². The minimum Gasteiger partial charge on any atom is -0.506 e. The molecule has 1 rings (SSSR count). The van der Waals surface area contributed by atoms with E-state index in [0.717, 1.165) is 0 Å². The predicted octanol–water partition coefficient (Wildman–Crippen LogP) is 3.70. The first-order chi connectivity index (χ1) is 6.56. The predicted molar refractivity (Wildman–Crippen MR) is 67.1 cm³/mol. The zero-order chi connectivity index (χ0) is 10.7. The van der Waals surface area contributed by atoms with E-state index in [-0.39, 0.29) is 29.2 Å². The fourth-order valence-electron chi connectivity index (χ4n) is 1.18. The summed E-state index contributed by atoms with van der Waals surface area (Å²) in [6, 6.07) is 2.75. The van der Waals surface area contributed by atoms with Gasteiger partial charge in [-0.3, -0.25) is 0 Å². The van der Waals surface area contributed by atoms with Crippen molar-refractivity contribution in [1.82, 2.24) is 0 Å². The first-order valence-electron chi connectivity index (χ1n) is 4.10. The number of hydrogen-bond acceptors (Lipinski definition) is 2. The number of nitrogens with two attached hydrogens (primary N) is 1. The molecule has 1 aromatic rings. The smallest absolute Gasteiger partial charge is 0.139 e. The number of rotatable bonds is 3. The van der Waals surface area contributed by atoms with Gasteiger partial charge in [0.05, 0.1) is 5.02 Å². The van der Waals surface area contributed by atoms with Crippen molar-refractivity contribution in [3.63, 3.8) is 0 Å². The Balaban J connectivity index is 0.00000196. The largest absolute Gasteiger partial charge is 0.506 e. The van der Waals surface area contributed by atoms with E-state index < -0.39 is 0 Å². The van der Waals surface area contributed by atoms with Crippen LogP contribution in [0.2, 0.25) is 10.0 Å². The van der Waals surface area contributed by atoms with E-state index in [1.807, 2.05) is 0 Å². The van der Waals surface area contributed by atoms with E-state index in [0.29, 0.717) is 17.0 Å². The minimum absolute atomic E-state index is 0. The molecule has 0 amide bonds. The highest BCUT2D eigenvalue weighted by Gasteiger charge is 2.13. The van der Waals surface area contributed by atoms with Gasteiger partial charge in [-0.25, -0.2) is 0 Å². The van der Waals surface area contributed by atoms with Gasteiger partial charge in [0.25, 0.3) is 0 Å². The fourth-order valence-corrected chi connectivity index (χ4v) is 1.68. The summed E-state index contributed by atoms with van der Waals surface area (Å²) >= 11 is 11.5. The Kier molecular flexibility index (Phi) is 6.06. The minimum atomic E-state index is -0.330. The van der Waals surface area contributed by atoms with E-state index in [9.17, 15) is 5.11 Å². The van der Waals surface area contributed by atoms with Crippen molar-refractivity contribution in [2.45, 2.75) is 12.5 Å². The molecule has 0 bridgehead atoms. The number of aromatic hydroxyl groups is 1. The van der Waals surface area contributed by atoms with E-state index in [1.165, 1.54) is 6.07 Å². The molecule has 1 aromatic carbocycles. The van der Waals surface area contributed by atoms with Crippen LogP contribution in [0.1, 0.15) is 18.0 Å². The van der Waals surface area contributed by atoms with Gasteiger partial charge in [-0.2, -0.15) is 0 Å². The van der Waals surface area contributed by atoms with Crippen LogP contribution in [0, 0.1) is 0 Å². The van der Waals surface area contributed by atoms with Crippen LogP contribution in [0.5, 0.6) is 5.75 Å². The lowest BCUT2D eigenvalue weighted by atomic mass is 10.0. The average molecular weight is 269 g/mol. The first-order valence-corrected chi connectivity index (χ1v) is 4.86. The van der Waals surface area contributed by atoms with Gasteiger partial charge in [0.15, 0.2) is 0 Å². The van der Waals surface area contributed by atoms with Crippen LogP contribution < -0.4 is 5.73 Å². The van der Waals surface area contributed by atoms with Gasteiger partial charge >= 0.3 is 0 Å². The second-order valence-corrected chi connectivity index (χ2v) is 3.80. The Hall–Kier alpha value is -0.410. The highest BCUT2D eigenvalue weighted by molar-refractivity contribution is 6.35. The third-order valence-corrected chi connectivity index (χ3v) is 2.38. The maximum atomic E-state index is 9.61. The van der Waals surface area contributed by atoms with Gasteiger partial charge in [-0.1, -0.05) is 29.3 Å². The molecule has 2 nitrogen and oxygen atoms in total. The first kappa shape index (κ1) is 14.6. The maximum absolute atomic E-state index is 9.61. The monoisotopic (exact) mass is 267 g/mol. The summed E-state index contributed by atoms with van der Waals surface area (Å²) in [6.07, 6.45) is 2.24. The molecule has 0 unspecified atom stereocenters. The van der Waals surface area contributed by atoms with Crippen LogP contribution in [0.25, 0.3) is 0 Å². The van der Waals surface area contributed by atoms with Crippen LogP contribution in [-0.2, 0) is 0 Å². The molecule has 0 fully saturated rings. The van der Waals surface area contributed by atoms with E-state index in [4.69, 9.17) is 28.9 Å². The Labute approximate surface area is 105 Å². The van der Waals surface area contributed by atoms with Crippen LogP contribution in [0.4, 0.5) is 0 Å². The van der Waals surface area contributed by atoms with Crippen molar-refractivity contribution in [3.8, 4) is 5.75 Å². The van der Waals surface area contributed by atoms with Crippen LogP contribution in [0.3, 0.4) is 0 Å². The molecule has 84 valence electrons. The molecule has 0 aliphatic heterocycles. The SMILES string of the molecule is C=CC[C@H](N)c1cc(Cl)cc(Cl)c1O.Cl. The molecule has 0 heterocycles. The molecule has 0 aliphatic rings. The lowest BCUT2D eigenvalue weighted by molar-refractivity contribution is 0.462. The zero-order valence-electron chi connectivity index (χ0n) is 7.91. The van der Waals surface area contributed by atoms with Crippen LogP contribution in [0.15, 0.2) is 24.8 Å². The molecule has 1 atom stereocenters. The molecule has 0 spiro atoms. The van der Waals surface area contributed by atoms with Gasteiger partial charge in [0, 0.05) is 16.6 Å². The summed E-state index contributed by atoms with van der Waals surface area (Å²) in [5.74, 6) is -0.00887. The van der Waals surface area contributed by atoms with E-state index in [2.05, 4.69) is 6.58 Å². The van der Waals surface area contributed by atoms with Crippen molar-refractivity contribution in [1.29, 1.82) is 0 Å². The van der Waals surface area contributed by atoms with Crippen LogP contribution >= 0.6 is 35.6 Å². The molecule has 3 N–H and O–H groups in total. The summed E-state index contributed by atoms with van der Waals surface area (Å²) in [5, 5.41) is 10.3. The number of phenols is 1. The summed E-state index contributed by atoms with van der Waals surface area (Å²) in [6.45, 7) is 3.57. The summed E-state index contributed by atoms with van der Waals surface area (Å²) in [7, 11) is 0. The topological polar surface area (TPSA) is 46.2 Å². The molecule has 5 heteroatoms. The van der Waals surface area contributed by atoms with E-state index >= 15 is 0 Å². The van der Waals surface area contributed by atoms with Crippen LogP contribution in [-0.4, -0.2) is 5.11 Å². The Bertz CT molecular complexity index is 355. The quantitative estimate of drug-likeness (QED) is 0.821. The molecular weight excluding hydrogens is 256 g/mol. The number of halogens is 3. The molecule has 15 heavy (non-hydrogen) atoms. The van der Waals surface area contributed by atoms with Crippen molar-refractivity contribution in [2.75, 3.05) is 0 Å². The maximum Gasteiger partial charge on any atom is 0.139 e. The standard InChI is InChI=1S/C10H11Cl2NO.ClH/c1-2-3-9(13)7-4-6(11)5-8(12)10(7)14;/h2,4-5,9,14H,1,3,13H2;1H/t9-;/m0./s1. The van der Waals surface area contributed by atoms with Gasteiger partial charge in [-0.15, -0.1) is 19.0 Å². The van der Waals surface area contributed by atoms with Gasteiger partial charge in [0.2, 0.25) is 0 Å². The van der Waals surface area contributed by atoms with Crippen molar-refractivity contribution in [2.24, 2.45) is 5.73 Å². The average Bonchev–Trinajstić information content (AvgIpc) is 2.11. The molecular formula is C10H12Cl3NO. The number of hydrogen-bond donors (Lipinski definition) is 2. The second-order valence-electron chi connectivity index (χ2n) is 2.96. The summed E-state index contributed by atoms with van der Waals surface area (Å²) in [4.78, 5) is 0. The molecule has 0 saturated heterocycles. The molecule has 0 saturated carbocycles. The van der Waals surface area contributed by atoms with E-state index in [1.54, 1.807) is 12.1 Å². The Morgan fingerprint density at radius 2 is 2.07 bits per heavy atom. The molecule has 0 aliphatic carbocycles. The molecule has 0 radical (unpaired) electrons. The highest BCUT2D eigenvalue weighted by Crippen LogP contribution is 2.34. The zero-order valence-corrected chi connectivity index (χ0v) is 10.2. The number of benzene rings is 1. The lowest BCUT2D eigenvalue weighted by Crippen LogP contribution is -2.09. The third kappa shape index (κ3) is 3.58. The van der Waals surface area contributed by atoms with Gasteiger partial charge < -0.3 is 10.8 Å². The highest BCUT2D eigenvalue weighted by atomic mass is 35.5. The summed E-state index contributed by atoms with van der Waals surface area (Å²) in [5.41, 5.74) is 6.34. The van der Waals surface area contributed by atoms with Crippen molar-refractivity contribution >= 4 is 35.6 Å². The normalized spacial score (nSPS) is 11.7. The van der Waals surface area contributed by atoms with Crippen molar-refractivity contribution < 1.29 is 5.11 Å².